The molecular weight excluding hydrogens is 308 g/mol. The largest absolute Gasteiger partial charge is 0.293 e. The molecule has 8 rings (SSSR count). The van der Waals surface area contributed by atoms with Crippen molar-refractivity contribution in [3.05, 3.63) is 94.1 Å². The third kappa shape index (κ3) is 0.972. The molecule has 25 heavy (non-hydrogen) atoms. The van der Waals surface area contributed by atoms with E-state index in [2.05, 4.69) is 66.8 Å². The van der Waals surface area contributed by atoms with Crippen molar-refractivity contribution in [2.45, 2.75) is 31.6 Å². The highest BCUT2D eigenvalue weighted by molar-refractivity contribution is 5.46. The molecule has 0 bridgehead atoms. The summed E-state index contributed by atoms with van der Waals surface area (Å²) >= 11 is 0. The van der Waals surface area contributed by atoms with Gasteiger partial charge in [0, 0.05) is 71.2 Å². The molecule has 4 aliphatic rings. The van der Waals surface area contributed by atoms with Crippen LogP contribution in [0.4, 0.5) is 0 Å². The molecule has 4 aromatic heterocycles. The normalized spacial score (nSPS) is 18.9. The van der Waals surface area contributed by atoms with Gasteiger partial charge in [0.1, 0.15) is 0 Å². The Balaban J connectivity index is 1.71. The Morgan fingerprint density at radius 2 is 0.600 bits per heavy atom. The van der Waals surface area contributed by atoms with Crippen molar-refractivity contribution < 1.29 is 0 Å². The van der Waals surface area contributed by atoms with Crippen molar-refractivity contribution in [2.75, 3.05) is 0 Å². The lowest BCUT2D eigenvalue weighted by Gasteiger charge is -2.54. The fraction of sp³-hybridized carbons (Fsp3) is 0.238. The fourth-order valence-electron chi connectivity index (χ4n) is 6.09. The molecule has 0 amide bonds. The number of rotatable bonds is 0. The number of hydrogen-bond acceptors (Lipinski definition) is 0. The molecule has 4 aromatic rings. The molecule has 0 fully saturated rings. The number of hydrogen-bond donors (Lipinski definition) is 0. The lowest BCUT2D eigenvalue weighted by molar-refractivity contribution is 0.0674. The van der Waals surface area contributed by atoms with Crippen molar-refractivity contribution in [2.24, 2.45) is 0 Å². The van der Waals surface area contributed by atoms with Gasteiger partial charge in [-0.25, -0.2) is 0 Å². The predicted octanol–water partition coefficient (Wildman–Crippen LogP) is 2.72. The molecule has 0 saturated heterocycles. The first kappa shape index (κ1) is 11.6. The molecule has 4 aliphatic heterocycles. The minimum atomic E-state index is -0.308. The lowest BCUT2D eigenvalue weighted by atomic mass is 10.1. The van der Waals surface area contributed by atoms with Gasteiger partial charge in [-0.05, 0) is 48.5 Å². The zero-order valence-electron chi connectivity index (χ0n) is 13.7. The van der Waals surface area contributed by atoms with E-state index in [0.29, 0.717) is 0 Å². The minimum Gasteiger partial charge on any atom is -0.289 e. The first-order valence-corrected chi connectivity index (χ1v) is 9.15. The first-order chi connectivity index (χ1) is 12.4. The van der Waals surface area contributed by atoms with Gasteiger partial charge in [-0.2, -0.15) is 0 Å². The third-order valence-corrected chi connectivity index (χ3v) is 6.82. The summed E-state index contributed by atoms with van der Waals surface area (Å²) in [4.78, 5) is 0. The second-order valence-corrected chi connectivity index (χ2v) is 7.91. The highest BCUT2D eigenvalue weighted by Crippen LogP contribution is 2.48. The van der Waals surface area contributed by atoms with E-state index < -0.39 is 0 Å². The summed E-state index contributed by atoms with van der Waals surface area (Å²) in [6.07, 6.45) is 4.11. The molecule has 0 atom stereocenters. The number of nitrogens with zero attached hydrogens (tertiary/aromatic N) is 4. The summed E-state index contributed by atoms with van der Waals surface area (Å²) < 4.78 is 10.5. The maximum atomic E-state index is 2.63. The van der Waals surface area contributed by atoms with E-state index >= 15 is 0 Å². The molecule has 8 heterocycles. The molecule has 1 spiro atoms. The molecule has 0 radical (unpaired) electrons. The van der Waals surface area contributed by atoms with Crippen LogP contribution in [0.2, 0.25) is 0 Å². The third-order valence-electron chi connectivity index (χ3n) is 6.82. The van der Waals surface area contributed by atoms with Crippen LogP contribution in [-0.2, 0) is 31.6 Å². The quantitative estimate of drug-likeness (QED) is 0.409. The average Bonchev–Trinajstić information content (AvgIpc) is 3.38. The Labute approximate surface area is 144 Å². The van der Waals surface area contributed by atoms with Crippen LogP contribution < -0.4 is 0 Å². The van der Waals surface area contributed by atoms with E-state index in [9.17, 15) is 0 Å². The van der Waals surface area contributed by atoms with Crippen LogP contribution in [0.5, 0.6) is 0 Å². The van der Waals surface area contributed by atoms with Crippen LogP contribution in [-0.4, -0.2) is 18.3 Å². The van der Waals surface area contributed by atoms with E-state index in [1.54, 1.807) is 0 Å². The maximum Gasteiger partial charge on any atom is 0.293 e. The highest BCUT2D eigenvalue weighted by atomic mass is 15.6. The standard InChI is InChI=1S/C21H16N4/c1-2-14-10-16-5-6-18-12-20-8-7-19-11-17-4-3-15-9-13(1)22(14)21(23(15)17,24(16)18)25(19)20/h1-8H,9-12H2. The van der Waals surface area contributed by atoms with Gasteiger partial charge in [-0.3, -0.25) is 18.3 Å². The smallest absolute Gasteiger partial charge is 0.289 e. The zero-order valence-corrected chi connectivity index (χ0v) is 13.7. The van der Waals surface area contributed by atoms with Crippen LogP contribution in [0.25, 0.3) is 0 Å². The Bertz CT molecular complexity index is 979. The Hall–Kier alpha value is -2.88. The molecule has 4 nitrogen and oxygen atoms in total. The van der Waals surface area contributed by atoms with Gasteiger partial charge in [-0.15, -0.1) is 0 Å². The minimum absolute atomic E-state index is 0.308. The summed E-state index contributed by atoms with van der Waals surface area (Å²) in [5.41, 5.74) is 11.5. The van der Waals surface area contributed by atoms with Gasteiger partial charge in [-0.1, -0.05) is 0 Å². The van der Waals surface area contributed by atoms with Crippen LogP contribution in [0, 0.1) is 0 Å². The van der Waals surface area contributed by atoms with Gasteiger partial charge in [0.05, 0.1) is 0 Å². The lowest BCUT2D eigenvalue weighted by Crippen LogP contribution is -2.63. The summed E-state index contributed by atoms with van der Waals surface area (Å²) in [7, 11) is 0. The van der Waals surface area contributed by atoms with Gasteiger partial charge < -0.3 is 0 Å². The van der Waals surface area contributed by atoms with Crippen LogP contribution in [0.1, 0.15) is 45.6 Å². The fourth-order valence-corrected chi connectivity index (χ4v) is 6.09. The second-order valence-electron chi connectivity index (χ2n) is 7.91. The molecule has 0 aromatic carbocycles. The molecule has 0 unspecified atom stereocenters. The SMILES string of the molecule is c1cc2n3c1Cc1ccc4n1C31n3c(ccc3Cc3ccc(n31)C4)C2. The first-order valence-electron chi connectivity index (χ1n) is 9.15. The van der Waals surface area contributed by atoms with Gasteiger partial charge in [0.15, 0.2) is 0 Å². The van der Waals surface area contributed by atoms with E-state index in [1.807, 2.05) is 0 Å². The van der Waals surface area contributed by atoms with Gasteiger partial charge in [0.25, 0.3) is 5.91 Å². The Morgan fingerprint density at radius 3 is 0.800 bits per heavy atom. The van der Waals surface area contributed by atoms with E-state index in [1.165, 1.54) is 45.6 Å². The molecule has 0 saturated carbocycles. The number of aromatic nitrogens is 4. The van der Waals surface area contributed by atoms with Gasteiger partial charge in [0.2, 0.25) is 0 Å². The molecule has 4 heteroatoms. The molecule has 0 aliphatic carbocycles. The molecular formula is C21H16N4. The van der Waals surface area contributed by atoms with E-state index in [0.717, 1.165) is 25.7 Å². The predicted molar refractivity (Wildman–Crippen MR) is 93.1 cm³/mol. The monoisotopic (exact) mass is 324 g/mol. The van der Waals surface area contributed by atoms with Crippen molar-refractivity contribution in [1.29, 1.82) is 0 Å². The summed E-state index contributed by atoms with van der Waals surface area (Å²) in [6, 6.07) is 18.8. The van der Waals surface area contributed by atoms with E-state index in [4.69, 9.17) is 0 Å². The van der Waals surface area contributed by atoms with E-state index in [-0.39, 0.29) is 5.91 Å². The Morgan fingerprint density at radius 1 is 0.400 bits per heavy atom. The van der Waals surface area contributed by atoms with Crippen LogP contribution in [0.3, 0.4) is 0 Å². The summed E-state index contributed by atoms with van der Waals surface area (Å²) in [5, 5.41) is 0. The van der Waals surface area contributed by atoms with Crippen LogP contribution >= 0.6 is 0 Å². The topological polar surface area (TPSA) is 19.7 Å². The summed E-state index contributed by atoms with van der Waals surface area (Å²) in [6.45, 7) is 0. The van der Waals surface area contributed by atoms with Crippen molar-refractivity contribution in [3.8, 4) is 0 Å². The highest BCUT2D eigenvalue weighted by Gasteiger charge is 2.54. The zero-order chi connectivity index (χ0) is 15.9. The summed E-state index contributed by atoms with van der Waals surface area (Å²) in [5.74, 6) is -0.308. The van der Waals surface area contributed by atoms with Crippen molar-refractivity contribution >= 4 is 0 Å². The van der Waals surface area contributed by atoms with Gasteiger partial charge >= 0.3 is 0 Å². The van der Waals surface area contributed by atoms with Crippen molar-refractivity contribution in [3.63, 3.8) is 0 Å². The molecule has 0 N–H and O–H groups in total. The van der Waals surface area contributed by atoms with Crippen LogP contribution in [0.15, 0.2) is 48.5 Å². The second kappa shape index (κ2) is 3.27. The maximum absolute atomic E-state index is 2.63. The molecule has 120 valence electrons. The Kier molecular flexibility index (Phi) is 1.52. The average molecular weight is 324 g/mol. The van der Waals surface area contributed by atoms with Crippen molar-refractivity contribution in [1.82, 2.24) is 18.3 Å².